The van der Waals surface area contributed by atoms with Gasteiger partial charge >= 0.3 is 6.09 Å². The number of benzene rings is 1. The number of rotatable bonds is 2. The third-order valence-corrected chi connectivity index (χ3v) is 1.80. The van der Waals surface area contributed by atoms with Gasteiger partial charge in [0.25, 0.3) is 0 Å². The van der Waals surface area contributed by atoms with Gasteiger partial charge in [0.05, 0.1) is 0 Å². The normalized spacial score (nSPS) is 9.31. The lowest BCUT2D eigenvalue weighted by molar-refractivity contribution is 0.203. The van der Waals surface area contributed by atoms with E-state index in [0.29, 0.717) is 5.69 Å². The van der Waals surface area contributed by atoms with Crippen molar-refractivity contribution in [3.63, 3.8) is 0 Å². The van der Waals surface area contributed by atoms with Crippen LogP contribution in [-0.4, -0.2) is 18.2 Å². The molecule has 68 valence electrons. The first-order valence-electron chi connectivity index (χ1n) is 3.84. The molecule has 0 fully saturated rings. The molecule has 0 atom stereocenters. The first-order valence-corrected chi connectivity index (χ1v) is 3.84. The van der Waals surface area contributed by atoms with E-state index in [-0.39, 0.29) is 0 Å². The van der Waals surface area contributed by atoms with Crippen LogP contribution in [0.3, 0.4) is 0 Å². The Hall–Kier alpha value is -1.77. The van der Waals surface area contributed by atoms with Crippen molar-refractivity contribution in [3.05, 3.63) is 36.4 Å². The predicted molar refractivity (Wildman–Crippen MR) is 53.0 cm³/mol. The Morgan fingerprint density at radius 2 is 2.00 bits per heavy atom. The summed E-state index contributed by atoms with van der Waals surface area (Å²) >= 11 is 0. The fourth-order valence-corrected chi connectivity index (χ4v) is 0.944. The van der Waals surface area contributed by atoms with Gasteiger partial charge in [-0.1, -0.05) is 24.8 Å². The van der Waals surface area contributed by atoms with Crippen molar-refractivity contribution in [2.24, 2.45) is 0 Å². The minimum atomic E-state index is -0.966. The Morgan fingerprint density at radius 3 is 2.38 bits per heavy atom. The number of anilines is 1. The zero-order chi connectivity index (χ0) is 9.84. The van der Waals surface area contributed by atoms with Crippen molar-refractivity contribution >= 4 is 17.9 Å². The van der Waals surface area contributed by atoms with E-state index in [0.717, 1.165) is 10.5 Å². The van der Waals surface area contributed by atoms with Crippen molar-refractivity contribution in [1.29, 1.82) is 0 Å². The molecule has 1 amide bonds. The van der Waals surface area contributed by atoms with Gasteiger partial charge in [-0.25, -0.2) is 4.79 Å². The van der Waals surface area contributed by atoms with E-state index >= 15 is 0 Å². The van der Waals surface area contributed by atoms with Crippen LogP contribution < -0.4 is 4.90 Å². The van der Waals surface area contributed by atoms with Crippen molar-refractivity contribution in [2.75, 3.05) is 11.9 Å². The van der Waals surface area contributed by atoms with E-state index in [1.807, 2.05) is 12.1 Å². The molecule has 0 unspecified atom stereocenters. The number of hydrogen-bond donors (Lipinski definition) is 1. The molecule has 3 heteroatoms. The lowest BCUT2D eigenvalue weighted by Crippen LogP contribution is -2.23. The summed E-state index contributed by atoms with van der Waals surface area (Å²) in [6.07, 6.45) is 0.747. The van der Waals surface area contributed by atoms with Gasteiger partial charge in [0.1, 0.15) is 0 Å². The van der Waals surface area contributed by atoms with Crippen LogP contribution in [0.2, 0.25) is 0 Å². The summed E-state index contributed by atoms with van der Waals surface area (Å²) in [5, 5.41) is 8.67. The molecule has 3 nitrogen and oxygen atoms in total. The molecule has 0 radical (unpaired) electrons. The molecule has 0 saturated carbocycles. The van der Waals surface area contributed by atoms with Crippen LogP contribution >= 0.6 is 0 Å². The molecule has 1 rings (SSSR count). The largest absolute Gasteiger partial charge is 0.465 e. The van der Waals surface area contributed by atoms with Gasteiger partial charge in [-0.15, -0.1) is 0 Å². The Morgan fingerprint density at radius 1 is 1.46 bits per heavy atom. The van der Waals surface area contributed by atoms with E-state index < -0.39 is 6.09 Å². The quantitative estimate of drug-likeness (QED) is 0.753. The summed E-state index contributed by atoms with van der Waals surface area (Å²) in [6, 6.07) is 7.12. The molecule has 1 aromatic rings. The maximum Gasteiger partial charge on any atom is 0.411 e. The van der Waals surface area contributed by atoms with E-state index in [2.05, 4.69) is 6.58 Å². The average molecular weight is 177 g/mol. The van der Waals surface area contributed by atoms with Crippen LogP contribution in [0.1, 0.15) is 5.56 Å². The second kappa shape index (κ2) is 3.76. The van der Waals surface area contributed by atoms with Crippen LogP contribution in [0.5, 0.6) is 0 Å². The Kier molecular flexibility index (Phi) is 2.69. The second-order valence-electron chi connectivity index (χ2n) is 2.64. The Balaban J connectivity index is 2.91. The van der Waals surface area contributed by atoms with Crippen LogP contribution in [0, 0.1) is 0 Å². The van der Waals surface area contributed by atoms with Crippen LogP contribution in [-0.2, 0) is 0 Å². The molecular weight excluding hydrogens is 166 g/mol. The first kappa shape index (κ1) is 9.32. The average Bonchev–Trinajstić information content (AvgIpc) is 2.17. The van der Waals surface area contributed by atoms with Gasteiger partial charge in [-0.2, -0.15) is 0 Å². The molecule has 0 bridgehead atoms. The summed E-state index contributed by atoms with van der Waals surface area (Å²) in [5.74, 6) is 0. The highest BCUT2D eigenvalue weighted by atomic mass is 16.4. The van der Waals surface area contributed by atoms with E-state index in [1.165, 1.54) is 7.05 Å². The third kappa shape index (κ3) is 2.08. The van der Waals surface area contributed by atoms with Crippen molar-refractivity contribution in [1.82, 2.24) is 0 Å². The molecule has 0 spiro atoms. The van der Waals surface area contributed by atoms with E-state index in [9.17, 15) is 4.79 Å². The first-order chi connectivity index (χ1) is 6.15. The number of carbonyl (C=O) groups is 1. The van der Waals surface area contributed by atoms with Crippen molar-refractivity contribution in [3.8, 4) is 0 Å². The summed E-state index contributed by atoms with van der Waals surface area (Å²) in [6.45, 7) is 3.61. The molecule has 0 aromatic heterocycles. The SMILES string of the molecule is C=Cc1ccc(N(C)C(=O)O)cc1. The van der Waals surface area contributed by atoms with Gasteiger partial charge in [-0.05, 0) is 17.7 Å². The molecule has 0 aliphatic rings. The molecular formula is C10H11NO2. The molecule has 1 aromatic carbocycles. The fraction of sp³-hybridized carbons (Fsp3) is 0.100. The maximum absolute atomic E-state index is 10.6. The summed E-state index contributed by atoms with van der Waals surface area (Å²) < 4.78 is 0. The van der Waals surface area contributed by atoms with Crippen LogP contribution in [0.15, 0.2) is 30.8 Å². The molecule has 0 heterocycles. The van der Waals surface area contributed by atoms with E-state index in [1.54, 1.807) is 18.2 Å². The Labute approximate surface area is 76.9 Å². The Bertz CT molecular complexity index is 316. The molecule has 13 heavy (non-hydrogen) atoms. The number of carboxylic acid groups (broad SMARTS) is 1. The standard InChI is InChI=1S/C10H11NO2/c1-3-8-4-6-9(7-5-8)11(2)10(12)13/h3-7H,1H2,2H3,(H,12,13). The number of amides is 1. The maximum atomic E-state index is 10.6. The highest BCUT2D eigenvalue weighted by Gasteiger charge is 2.06. The summed E-state index contributed by atoms with van der Waals surface area (Å²) in [5.41, 5.74) is 1.63. The van der Waals surface area contributed by atoms with Crippen LogP contribution in [0.25, 0.3) is 6.08 Å². The summed E-state index contributed by atoms with van der Waals surface area (Å²) in [4.78, 5) is 11.7. The topological polar surface area (TPSA) is 40.5 Å². The minimum absolute atomic E-state index is 0.651. The van der Waals surface area contributed by atoms with Gasteiger partial charge in [0, 0.05) is 12.7 Å². The predicted octanol–water partition coefficient (Wildman–Crippen LogP) is 2.44. The van der Waals surface area contributed by atoms with Gasteiger partial charge in [-0.3, -0.25) is 4.90 Å². The number of nitrogens with zero attached hydrogens (tertiary/aromatic N) is 1. The number of hydrogen-bond acceptors (Lipinski definition) is 1. The van der Waals surface area contributed by atoms with Gasteiger partial charge < -0.3 is 5.11 Å². The molecule has 0 saturated heterocycles. The molecule has 0 aliphatic heterocycles. The van der Waals surface area contributed by atoms with Crippen LogP contribution in [0.4, 0.5) is 10.5 Å². The van der Waals surface area contributed by atoms with Gasteiger partial charge in [0.2, 0.25) is 0 Å². The molecule has 0 aliphatic carbocycles. The zero-order valence-electron chi connectivity index (χ0n) is 7.40. The third-order valence-electron chi connectivity index (χ3n) is 1.80. The second-order valence-corrected chi connectivity index (χ2v) is 2.64. The summed E-state index contributed by atoms with van der Waals surface area (Å²) in [7, 11) is 1.51. The van der Waals surface area contributed by atoms with E-state index in [4.69, 9.17) is 5.11 Å². The fourth-order valence-electron chi connectivity index (χ4n) is 0.944. The molecule has 1 N–H and O–H groups in total. The highest BCUT2D eigenvalue weighted by Crippen LogP contribution is 2.14. The zero-order valence-corrected chi connectivity index (χ0v) is 7.40. The van der Waals surface area contributed by atoms with Crippen molar-refractivity contribution < 1.29 is 9.90 Å². The lowest BCUT2D eigenvalue weighted by atomic mass is 10.2. The lowest BCUT2D eigenvalue weighted by Gasteiger charge is -2.12. The monoisotopic (exact) mass is 177 g/mol. The van der Waals surface area contributed by atoms with Crippen molar-refractivity contribution in [2.45, 2.75) is 0 Å². The highest BCUT2D eigenvalue weighted by molar-refractivity contribution is 5.85. The minimum Gasteiger partial charge on any atom is -0.465 e. The smallest absolute Gasteiger partial charge is 0.411 e. The van der Waals surface area contributed by atoms with Gasteiger partial charge in [0.15, 0.2) is 0 Å².